The number of nitrogens with one attached hydrogen (secondary N) is 1. The van der Waals surface area contributed by atoms with Gasteiger partial charge in [0.25, 0.3) is 0 Å². The molecule has 1 N–H and O–H groups in total. The van der Waals surface area contributed by atoms with Gasteiger partial charge in [0, 0.05) is 24.9 Å². The van der Waals surface area contributed by atoms with Gasteiger partial charge < -0.3 is 5.32 Å². The number of nitrogens with zero attached hydrogens (tertiary/aromatic N) is 3. The second-order valence-electron chi connectivity index (χ2n) is 5.75. The lowest BCUT2D eigenvalue weighted by Gasteiger charge is -2.25. The van der Waals surface area contributed by atoms with Crippen molar-refractivity contribution in [1.29, 1.82) is 0 Å². The lowest BCUT2D eigenvalue weighted by atomic mass is 9.82. The van der Waals surface area contributed by atoms with Gasteiger partial charge in [0.1, 0.15) is 5.82 Å². The first kappa shape index (κ1) is 14.8. The molecule has 20 heavy (non-hydrogen) atoms. The van der Waals surface area contributed by atoms with Gasteiger partial charge in [-0.05, 0) is 45.7 Å². The van der Waals surface area contributed by atoms with Gasteiger partial charge in [-0.1, -0.05) is 11.8 Å². The summed E-state index contributed by atoms with van der Waals surface area (Å²) >= 11 is 0. The fourth-order valence-electron chi connectivity index (χ4n) is 2.50. The van der Waals surface area contributed by atoms with E-state index in [0.29, 0.717) is 5.92 Å². The molecule has 108 valence electrons. The Bertz CT molecular complexity index is 439. The third-order valence-electron chi connectivity index (χ3n) is 3.68. The smallest absolute Gasteiger partial charge is 0.144 e. The summed E-state index contributed by atoms with van der Waals surface area (Å²) in [5, 5.41) is 3.37. The van der Waals surface area contributed by atoms with Gasteiger partial charge in [0.15, 0.2) is 0 Å². The Morgan fingerprint density at radius 3 is 2.70 bits per heavy atom. The molecular formula is C16H24N4. The van der Waals surface area contributed by atoms with Crippen molar-refractivity contribution in [3.63, 3.8) is 0 Å². The zero-order valence-electron chi connectivity index (χ0n) is 12.5. The predicted octanol–water partition coefficient (Wildman–Crippen LogP) is 2.26. The maximum absolute atomic E-state index is 4.23. The van der Waals surface area contributed by atoms with Crippen molar-refractivity contribution in [2.45, 2.75) is 25.7 Å². The van der Waals surface area contributed by atoms with E-state index in [1.165, 1.54) is 25.7 Å². The summed E-state index contributed by atoms with van der Waals surface area (Å²) in [5.74, 6) is 8.90. The van der Waals surface area contributed by atoms with Gasteiger partial charge in [0.05, 0.1) is 12.7 Å². The van der Waals surface area contributed by atoms with E-state index in [1.807, 2.05) is 0 Å². The molecule has 1 aromatic heterocycles. The van der Waals surface area contributed by atoms with E-state index in [1.54, 1.807) is 18.6 Å². The molecule has 0 radical (unpaired) electrons. The zero-order valence-corrected chi connectivity index (χ0v) is 12.5. The molecule has 1 saturated carbocycles. The minimum atomic E-state index is 0.600. The molecule has 1 heterocycles. The molecule has 0 saturated heterocycles. The van der Waals surface area contributed by atoms with Crippen molar-refractivity contribution in [3.05, 3.63) is 18.6 Å². The van der Waals surface area contributed by atoms with Gasteiger partial charge in [0.2, 0.25) is 0 Å². The predicted molar refractivity (Wildman–Crippen MR) is 82.3 cm³/mol. The monoisotopic (exact) mass is 272 g/mol. The first-order valence-electron chi connectivity index (χ1n) is 7.37. The molecule has 1 aliphatic rings. The van der Waals surface area contributed by atoms with Crippen LogP contribution >= 0.6 is 0 Å². The molecule has 0 unspecified atom stereocenters. The highest BCUT2D eigenvalue weighted by molar-refractivity contribution is 5.29. The van der Waals surface area contributed by atoms with E-state index in [2.05, 4.69) is 46.1 Å². The fraction of sp³-hybridized carbons (Fsp3) is 0.625. The Hall–Kier alpha value is -1.60. The van der Waals surface area contributed by atoms with Crippen LogP contribution < -0.4 is 5.32 Å². The highest BCUT2D eigenvalue weighted by Gasteiger charge is 2.19. The summed E-state index contributed by atoms with van der Waals surface area (Å²) in [4.78, 5) is 10.4. The topological polar surface area (TPSA) is 41.0 Å². The molecule has 4 nitrogen and oxygen atoms in total. The minimum Gasteiger partial charge on any atom is -0.369 e. The van der Waals surface area contributed by atoms with E-state index < -0.39 is 0 Å². The number of anilines is 1. The molecule has 4 heteroatoms. The number of aromatic nitrogens is 2. The number of hydrogen-bond acceptors (Lipinski definition) is 4. The molecule has 0 atom stereocenters. The molecule has 0 bridgehead atoms. The van der Waals surface area contributed by atoms with Crippen LogP contribution in [0.5, 0.6) is 0 Å². The summed E-state index contributed by atoms with van der Waals surface area (Å²) in [6, 6.07) is 0. The number of rotatable bonds is 4. The Morgan fingerprint density at radius 1 is 1.25 bits per heavy atom. The summed E-state index contributed by atoms with van der Waals surface area (Å²) < 4.78 is 0. The van der Waals surface area contributed by atoms with Gasteiger partial charge in [-0.15, -0.1) is 0 Å². The second kappa shape index (κ2) is 7.86. The van der Waals surface area contributed by atoms with E-state index in [-0.39, 0.29) is 0 Å². The van der Waals surface area contributed by atoms with Crippen LogP contribution in [-0.2, 0) is 0 Å². The van der Waals surface area contributed by atoms with Crippen LogP contribution in [0.2, 0.25) is 0 Å². The first-order valence-corrected chi connectivity index (χ1v) is 7.37. The molecule has 0 amide bonds. The van der Waals surface area contributed by atoms with Gasteiger partial charge >= 0.3 is 0 Å². The fourth-order valence-corrected chi connectivity index (χ4v) is 2.50. The SMILES string of the molecule is CN(C)CC#CC1CCC(CNc2cnccn2)CC1. The van der Waals surface area contributed by atoms with Crippen molar-refractivity contribution < 1.29 is 0 Å². The molecule has 1 fully saturated rings. The molecule has 0 spiro atoms. The standard InChI is InChI=1S/C16H24N4/c1-20(2)11-3-4-14-5-7-15(8-6-14)12-19-16-13-17-9-10-18-16/h9-10,13-15H,5-8,11-12H2,1-2H3,(H,18,19). The molecule has 0 aliphatic heterocycles. The van der Waals surface area contributed by atoms with Crippen LogP contribution in [0.4, 0.5) is 5.82 Å². The van der Waals surface area contributed by atoms with Crippen molar-refractivity contribution >= 4 is 5.82 Å². The summed E-state index contributed by atoms with van der Waals surface area (Å²) in [6.07, 6.45) is 10.2. The van der Waals surface area contributed by atoms with Crippen molar-refractivity contribution in [1.82, 2.24) is 14.9 Å². The largest absolute Gasteiger partial charge is 0.369 e. The minimum absolute atomic E-state index is 0.600. The number of hydrogen-bond donors (Lipinski definition) is 1. The molecule has 2 rings (SSSR count). The molecular weight excluding hydrogens is 248 g/mol. The van der Waals surface area contributed by atoms with Crippen LogP contribution in [0.25, 0.3) is 0 Å². The molecule has 1 aliphatic carbocycles. The maximum atomic E-state index is 4.23. The maximum Gasteiger partial charge on any atom is 0.144 e. The molecule has 0 aromatic carbocycles. The van der Waals surface area contributed by atoms with Crippen LogP contribution in [0.3, 0.4) is 0 Å². The van der Waals surface area contributed by atoms with Crippen molar-refractivity contribution in [3.8, 4) is 11.8 Å². The summed E-state index contributed by atoms with van der Waals surface area (Å²) in [6.45, 7) is 1.87. The zero-order chi connectivity index (χ0) is 14.2. The Morgan fingerprint density at radius 2 is 2.05 bits per heavy atom. The Labute approximate surface area is 122 Å². The Kier molecular flexibility index (Phi) is 5.82. The van der Waals surface area contributed by atoms with Gasteiger partial charge in [-0.2, -0.15) is 0 Å². The van der Waals surface area contributed by atoms with Crippen LogP contribution in [0, 0.1) is 23.7 Å². The average molecular weight is 272 g/mol. The van der Waals surface area contributed by atoms with Crippen LogP contribution in [-0.4, -0.2) is 42.1 Å². The van der Waals surface area contributed by atoms with E-state index in [0.717, 1.165) is 24.8 Å². The van der Waals surface area contributed by atoms with E-state index in [4.69, 9.17) is 0 Å². The third kappa shape index (κ3) is 5.18. The lowest BCUT2D eigenvalue weighted by molar-refractivity contribution is 0.328. The lowest BCUT2D eigenvalue weighted by Crippen LogP contribution is -2.21. The third-order valence-corrected chi connectivity index (χ3v) is 3.68. The second-order valence-corrected chi connectivity index (χ2v) is 5.75. The van der Waals surface area contributed by atoms with E-state index in [9.17, 15) is 0 Å². The average Bonchev–Trinajstić information content (AvgIpc) is 2.47. The quantitative estimate of drug-likeness (QED) is 0.854. The van der Waals surface area contributed by atoms with Gasteiger partial charge in [-0.3, -0.25) is 9.88 Å². The molecule has 1 aromatic rings. The van der Waals surface area contributed by atoms with Crippen molar-refractivity contribution in [2.75, 3.05) is 32.5 Å². The van der Waals surface area contributed by atoms with Crippen LogP contribution in [0.15, 0.2) is 18.6 Å². The Balaban J connectivity index is 1.67. The van der Waals surface area contributed by atoms with Gasteiger partial charge in [-0.25, -0.2) is 4.98 Å². The normalized spacial score (nSPS) is 22.1. The van der Waals surface area contributed by atoms with Crippen molar-refractivity contribution in [2.24, 2.45) is 11.8 Å². The summed E-state index contributed by atoms with van der Waals surface area (Å²) in [5.41, 5.74) is 0. The highest BCUT2D eigenvalue weighted by Crippen LogP contribution is 2.28. The summed E-state index contributed by atoms with van der Waals surface area (Å²) in [7, 11) is 4.12. The first-order chi connectivity index (χ1) is 9.74. The highest BCUT2D eigenvalue weighted by atomic mass is 15.0. The van der Waals surface area contributed by atoms with E-state index >= 15 is 0 Å². The van der Waals surface area contributed by atoms with Crippen LogP contribution in [0.1, 0.15) is 25.7 Å².